The number of aromatic amines is 1. The van der Waals surface area contributed by atoms with Gasteiger partial charge in [-0.15, -0.1) is 0 Å². The molecule has 1 amide bonds. The minimum absolute atomic E-state index is 0.0412. The number of hydrogen-bond acceptors (Lipinski definition) is 2. The zero-order valence-corrected chi connectivity index (χ0v) is 19.4. The molecule has 1 heterocycles. The van der Waals surface area contributed by atoms with Crippen molar-refractivity contribution in [2.75, 3.05) is 20.2 Å². The van der Waals surface area contributed by atoms with E-state index in [1.807, 2.05) is 32.0 Å². The molecular formula is C26H36N2O2. The van der Waals surface area contributed by atoms with Gasteiger partial charge >= 0.3 is 0 Å². The molecule has 2 aromatic carbocycles. The van der Waals surface area contributed by atoms with Gasteiger partial charge in [0.1, 0.15) is 0 Å². The second-order valence-electron chi connectivity index (χ2n) is 8.14. The van der Waals surface area contributed by atoms with Crippen LogP contribution in [-0.4, -0.2) is 41.1 Å². The van der Waals surface area contributed by atoms with Gasteiger partial charge in [-0.3, -0.25) is 4.79 Å². The highest BCUT2D eigenvalue weighted by Crippen LogP contribution is 2.42. The summed E-state index contributed by atoms with van der Waals surface area (Å²) in [5.41, 5.74) is 5.21. The Morgan fingerprint density at radius 2 is 1.77 bits per heavy atom. The van der Waals surface area contributed by atoms with E-state index in [0.717, 1.165) is 10.9 Å². The Morgan fingerprint density at radius 1 is 1.13 bits per heavy atom. The third kappa shape index (κ3) is 4.44. The standard InChI is InChI=1S/C24H30N2O2.C2H6/c1-16(2)24(4,19-9-6-17(3)7-10-19)21-15-25-22-14-18(8-11-20(21)22)23(28)26(5)12-13-27;1-2/h6-11,14-16,25,27H,12-13H2,1-5H3;1-2H3. The second kappa shape index (κ2) is 9.94. The number of aliphatic hydroxyl groups excluding tert-OH is 1. The molecule has 1 unspecified atom stereocenters. The zero-order chi connectivity index (χ0) is 22.5. The molecule has 3 aromatic rings. The summed E-state index contributed by atoms with van der Waals surface area (Å²) in [6.45, 7) is 13.2. The number of rotatable bonds is 6. The van der Waals surface area contributed by atoms with Crippen molar-refractivity contribution in [3.8, 4) is 0 Å². The number of carbonyl (C=O) groups is 1. The molecule has 3 rings (SSSR count). The number of hydrogen-bond donors (Lipinski definition) is 2. The van der Waals surface area contributed by atoms with E-state index >= 15 is 0 Å². The molecule has 0 aliphatic carbocycles. The Labute approximate surface area is 180 Å². The van der Waals surface area contributed by atoms with Crippen LogP contribution in [0.1, 0.15) is 61.7 Å². The SMILES string of the molecule is CC.Cc1ccc(C(C)(c2c[nH]c3cc(C(=O)N(C)CCO)ccc23)C(C)C)cc1. The maximum absolute atomic E-state index is 12.5. The quantitative estimate of drug-likeness (QED) is 0.563. The molecule has 0 bridgehead atoms. The van der Waals surface area contributed by atoms with Crippen LogP contribution in [-0.2, 0) is 5.41 Å². The van der Waals surface area contributed by atoms with E-state index in [9.17, 15) is 4.79 Å². The summed E-state index contributed by atoms with van der Waals surface area (Å²) in [7, 11) is 1.70. The average Bonchev–Trinajstić information content (AvgIpc) is 3.18. The molecule has 0 spiro atoms. The van der Waals surface area contributed by atoms with Crippen LogP contribution in [0, 0.1) is 12.8 Å². The molecule has 162 valence electrons. The van der Waals surface area contributed by atoms with Crippen molar-refractivity contribution < 1.29 is 9.90 Å². The van der Waals surface area contributed by atoms with Crippen molar-refractivity contribution in [1.82, 2.24) is 9.88 Å². The van der Waals surface area contributed by atoms with Crippen LogP contribution in [0.3, 0.4) is 0 Å². The number of benzene rings is 2. The molecule has 2 N–H and O–H groups in total. The van der Waals surface area contributed by atoms with Crippen molar-refractivity contribution in [2.45, 2.75) is 47.0 Å². The fraction of sp³-hybridized carbons (Fsp3) is 0.423. The predicted molar refractivity (Wildman–Crippen MR) is 126 cm³/mol. The van der Waals surface area contributed by atoms with E-state index in [-0.39, 0.29) is 17.9 Å². The molecule has 0 aliphatic rings. The van der Waals surface area contributed by atoms with Gasteiger partial charge in [0.15, 0.2) is 0 Å². The third-order valence-electron chi connectivity index (χ3n) is 6.08. The lowest BCUT2D eigenvalue weighted by atomic mass is 9.68. The molecule has 0 aliphatic heterocycles. The molecule has 1 atom stereocenters. The van der Waals surface area contributed by atoms with Crippen molar-refractivity contribution in [2.24, 2.45) is 5.92 Å². The van der Waals surface area contributed by atoms with Gasteiger partial charge in [0.2, 0.25) is 0 Å². The number of aryl methyl sites for hydroxylation is 1. The van der Waals surface area contributed by atoms with Gasteiger partial charge in [-0.2, -0.15) is 0 Å². The molecule has 1 aromatic heterocycles. The number of nitrogens with one attached hydrogen (secondary N) is 1. The van der Waals surface area contributed by atoms with Gasteiger partial charge < -0.3 is 15.0 Å². The first-order valence-corrected chi connectivity index (χ1v) is 10.8. The maximum atomic E-state index is 12.5. The highest BCUT2D eigenvalue weighted by molar-refractivity contribution is 5.98. The lowest BCUT2D eigenvalue weighted by Gasteiger charge is -2.35. The van der Waals surface area contributed by atoms with Gasteiger partial charge in [0.25, 0.3) is 5.91 Å². The van der Waals surface area contributed by atoms with E-state index in [1.165, 1.54) is 21.6 Å². The van der Waals surface area contributed by atoms with Crippen molar-refractivity contribution in [3.63, 3.8) is 0 Å². The summed E-state index contributed by atoms with van der Waals surface area (Å²) in [6.07, 6.45) is 2.08. The van der Waals surface area contributed by atoms with Crippen molar-refractivity contribution in [1.29, 1.82) is 0 Å². The third-order valence-corrected chi connectivity index (χ3v) is 6.08. The summed E-state index contributed by atoms with van der Waals surface area (Å²) in [5.74, 6) is 0.309. The number of likely N-dealkylation sites (N-methyl/N-ethyl adjacent to an activating group) is 1. The van der Waals surface area contributed by atoms with Crippen LogP contribution < -0.4 is 0 Å². The first-order valence-electron chi connectivity index (χ1n) is 10.8. The lowest BCUT2D eigenvalue weighted by molar-refractivity contribution is 0.0767. The Hall–Kier alpha value is -2.59. The Morgan fingerprint density at radius 3 is 2.33 bits per heavy atom. The fourth-order valence-corrected chi connectivity index (χ4v) is 3.86. The van der Waals surface area contributed by atoms with Crippen LogP contribution >= 0.6 is 0 Å². The Bertz CT molecular complexity index is 972. The predicted octanol–water partition coefficient (Wildman–Crippen LogP) is 5.53. The van der Waals surface area contributed by atoms with Crippen molar-refractivity contribution in [3.05, 3.63) is 70.9 Å². The van der Waals surface area contributed by atoms with Crippen LogP contribution in [0.2, 0.25) is 0 Å². The molecule has 4 heteroatoms. The normalized spacial score (nSPS) is 13.0. The summed E-state index contributed by atoms with van der Waals surface area (Å²) in [4.78, 5) is 17.5. The smallest absolute Gasteiger partial charge is 0.253 e. The monoisotopic (exact) mass is 408 g/mol. The highest BCUT2D eigenvalue weighted by Gasteiger charge is 2.34. The minimum Gasteiger partial charge on any atom is -0.395 e. The topological polar surface area (TPSA) is 56.3 Å². The number of aromatic nitrogens is 1. The second-order valence-corrected chi connectivity index (χ2v) is 8.14. The zero-order valence-electron chi connectivity index (χ0n) is 19.4. The van der Waals surface area contributed by atoms with Crippen molar-refractivity contribution >= 4 is 16.8 Å². The average molecular weight is 409 g/mol. The number of fused-ring (bicyclic) bond motifs is 1. The molecule has 0 fully saturated rings. The number of nitrogens with zero attached hydrogens (tertiary/aromatic N) is 1. The first-order chi connectivity index (χ1) is 14.3. The highest BCUT2D eigenvalue weighted by atomic mass is 16.3. The van der Waals surface area contributed by atoms with Gasteiger partial charge in [-0.05, 0) is 36.1 Å². The van der Waals surface area contributed by atoms with Gasteiger partial charge in [-0.25, -0.2) is 0 Å². The summed E-state index contributed by atoms with van der Waals surface area (Å²) >= 11 is 0. The van der Waals surface area contributed by atoms with Gasteiger partial charge in [0, 0.05) is 41.7 Å². The Balaban J connectivity index is 0.00000155. The van der Waals surface area contributed by atoms with Crippen LogP contribution in [0.4, 0.5) is 0 Å². The molecule has 4 nitrogen and oxygen atoms in total. The van der Waals surface area contributed by atoms with Crippen LogP contribution in [0.15, 0.2) is 48.7 Å². The maximum Gasteiger partial charge on any atom is 0.253 e. The van der Waals surface area contributed by atoms with E-state index in [4.69, 9.17) is 5.11 Å². The lowest BCUT2D eigenvalue weighted by Crippen LogP contribution is -2.30. The number of aliphatic hydroxyl groups is 1. The van der Waals surface area contributed by atoms with E-state index in [2.05, 4.69) is 63.1 Å². The van der Waals surface area contributed by atoms with E-state index in [1.54, 1.807) is 7.05 Å². The van der Waals surface area contributed by atoms with Gasteiger partial charge in [-0.1, -0.05) is 70.5 Å². The van der Waals surface area contributed by atoms with Crippen LogP contribution in [0.5, 0.6) is 0 Å². The molecule has 30 heavy (non-hydrogen) atoms. The Kier molecular flexibility index (Phi) is 7.85. The fourth-order valence-electron chi connectivity index (χ4n) is 3.86. The summed E-state index contributed by atoms with van der Waals surface area (Å²) in [5, 5.41) is 10.2. The largest absolute Gasteiger partial charge is 0.395 e. The number of amides is 1. The van der Waals surface area contributed by atoms with E-state index < -0.39 is 0 Å². The number of carbonyl (C=O) groups excluding carboxylic acids is 1. The molecule has 0 saturated heterocycles. The molecule has 0 saturated carbocycles. The minimum atomic E-state index is -0.148. The molecule has 0 radical (unpaired) electrons. The summed E-state index contributed by atoms with van der Waals surface area (Å²) < 4.78 is 0. The van der Waals surface area contributed by atoms with Gasteiger partial charge in [0.05, 0.1) is 6.61 Å². The molecular weight excluding hydrogens is 372 g/mol. The number of H-pyrrole nitrogens is 1. The first kappa shape index (κ1) is 23.7. The summed E-state index contributed by atoms with van der Waals surface area (Å²) in [6, 6.07) is 14.6. The van der Waals surface area contributed by atoms with E-state index in [0.29, 0.717) is 18.0 Å². The van der Waals surface area contributed by atoms with Crippen LogP contribution in [0.25, 0.3) is 10.9 Å².